The van der Waals surface area contributed by atoms with Crippen molar-refractivity contribution < 1.29 is 4.43 Å². The van der Waals surface area contributed by atoms with E-state index >= 15 is 0 Å². The maximum Gasteiger partial charge on any atom is 0.229 e. The second kappa shape index (κ2) is 6.34. The lowest BCUT2D eigenvalue weighted by Gasteiger charge is -2.14. The van der Waals surface area contributed by atoms with Crippen LogP contribution in [0.1, 0.15) is 17.0 Å². The molecular weight excluding hydrogens is 266 g/mol. The second-order valence-electron chi connectivity index (χ2n) is 4.88. The molecule has 2 aromatic rings. The van der Waals surface area contributed by atoms with Gasteiger partial charge in [0.1, 0.15) is 5.75 Å². The molecule has 1 aromatic carbocycles. The first kappa shape index (κ1) is 14.3. The Bertz CT molecular complexity index is 609. The quantitative estimate of drug-likeness (QED) is 0.877. The first-order valence-electron chi connectivity index (χ1n) is 6.58. The van der Waals surface area contributed by atoms with Gasteiger partial charge in [-0.25, -0.2) is 9.97 Å². The normalized spacial score (nSPS) is 11.7. The van der Waals surface area contributed by atoms with Gasteiger partial charge in [0, 0.05) is 29.7 Å². The largest absolute Gasteiger partial charge is 0.547 e. The van der Waals surface area contributed by atoms with E-state index < -0.39 is 9.04 Å². The average molecular weight is 285 g/mol. The zero-order chi connectivity index (χ0) is 14.5. The van der Waals surface area contributed by atoms with Gasteiger partial charge in [-0.2, -0.15) is 0 Å². The molecule has 0 saturated heterocycles. The fourth-order valence-corrected chi connectivity index (χ4v) is 2.47. The van der Waals surface area contributed by atoms with Gasteiger partial charge in [-0.1, -0.05) is 12.1 Å². The van der Waals surface area contributed by atoms with Crippen LogP contribution >= 0.6 is 0 Å². The Balaban J connectivity index is 2.32. The Hall–Kier alpha value is -2.14. The first-order chi connectivity index (χ1) is 9.56. The third kappa shape index (κ3) is 3.68. The van der Waals surface area contributed by atoms with Crippen molar-refractivity contribution in [2.45, 2.75) is 20.0 Å². The molecule has 4 nitrogen and oxygen atoms in total. The molecule has 20 heavy (non-hydrogen) atoms. The van der Waals surface area contributed by atoms with E-state index in [4.69, 9.17) is 10.2 Å². The molecule has 5 heteroatoms. The lowest BCUT2D eigenvalue weighted by atomic mass is 10.1. The SMILES string of the molecule is Cc1cnc(/C=C(\N)c2ccccc2O[SiH](C)C)nc1. The molecule has 1 aromatic heterocycles. The van der Waals surface area contributed by atoms with Crippen molar-refractivity contribution in [1.29, 1.82) is 0 Å². The molecule has 104 valence electrons. The summed E-state index contributed by atoms with van der Waals surface area (Å²) in [4.78, 5) is 8.47. The number of hydrogen-bond donors (Lipinski definition) is 1. The van der Waals surface area contributed by atoms with Crippen molar-refractivity contribution in [2.75, 3.05) is 0 Å². The molecular formula is C15H19N3OSi. The molecule has 2 N–H and O–H groups in total. The molecule has 0 atom stereocenters. The molecule has 0 aliphatic carbocycles. The highest BCUT2D eigenvalue weighted by molar-refractivity contribution is 6.49. The van der Waals surface area contributed by atoms with E-state index in [2.05, 4.69) is 23.1 Å². The summed E-state index contributed by atoms with van der Waals surface area (Å²) < 4.78 is 5.90. The van der Waals surface area contributed by atoms with Crippen LogP contribution in [-0.2, 0) is 0 Å². The Labute approximate surface area is 121 Å². The van der Waals surface area contributed by atoms with Gasteiger partial charge in [0.15, 0.2) is 5.82 Å². The first-order valence-corrected chi connectivity index (χ1v) is 9.36. The van der Waals surface area contributed by atoms with E-state index in [0.717, 1.165) is 16.9 Å². The van der Waals surface area contributed by atoms with Gasteiger partial charge < -0.3 is 10.2 Å². The standard InChI is InChI=1S/C15H19N3OSi/c1-11-9-17-15(18-10-11)8-13(16)12-6-4-5-7-14(12)19-20(2)3/h4-10,20H,16H2,1-3H3/b13-8-. The zero-order valence-corrected chi connectivity index (χ0v) is 13.2. The van der Waals surface area contributed by atoms with Crippen molar-refractivity contribution in [3.05, 3.63) is 53.6 Å². The molecule has 0 fully saturated rings. The van der Waals surface area contributed by atoms with Crippen molar-refractivity contribution in [3.8, 4) is 5.75 Å². The lowest BCUT2D eigenvalue weighted by Crippen LogP contribution is -2.13. The zero-order valence-electron chi connectivity index (χ0n) is 12.0. The van der Waals surface area contributed by atoms with E-state index in [0.29, 0.717) is 11.5 Å². The fourth-order valence-electron chi connectivity index (χ4n) is 1.76. The maximum atomic E-state index is 6.16. The van der Waals surface area contributed by atoms with E-state index in [1.807, 2.05) is 31.2 Å². The van der Waals surface area contributed by atoms with Crippen LogP contribution in [-0.4, -0.2) is 19.0 Å². The summed E-state index contributed by atoms with van der Waals surface area (Å²) in [6, 6.07) is 7.79. The molecule has 0 unspecified atom stereocenters. The maximum absolute atomic E-state index is 6.16. The predicted octanol–water partition coefficient (Wildman–Crippen LogP) is 2.60. The van der Waals surface area contributed by atoms with Crippen molar-refractivity contribution in [3.63, 3.8) is 0 Å². The van der Waals surface area contributed by atoms with Gasteiger partial charge in [-0.15, -0.1) is 0 Å². The minimum atomic E-state index is -1.17. The molecule has 0 bridgehead atoms. The van der Waals surface area contributed by atoms with Gasteiger partial charge in [-0.3, -0.25) is 0 Å². The Kier molecular flexibility index (Phi) is 4.52. The van der Waals surface area contributed by atoms with Crippen molar-refractivity contribution in [2.24, 2.45) is 5.73 Å². The summed E-state index contributed by atoms with van der Waals surface area (Å²) in [7, 11) is -1.17. The van der Waals surface area contributed by atoms with Crippen LogP contribution in [0.5, 0.6) is 5.75 Å². The summed E-state index contributed by atoms with van der Waals surface area (Å²) in [6.45, 7) is 6.20. The highest BCUT2D eigenvalue weighted by Gasteiger charge is 2.08. The van der Waals surface area contributed by atoms with Crippen molar-refractivity contribution >= 4 is 20.8 Å². The van der Waals surface area contributed by atoms with Gasteiger partial charge in [0.25, 0.3) is 0 Å². The van der Waals surface area contributed by atoms with E-state index in [9.17, 15) is 0 Å². The Morgan fingerprint density at radius 1 is 1.20 bits per heavy atom. The van der Waals surface area contributed by atoms with Crippen LogP contribution in [0.2, 0.25) is 13.1 Å². The molecule has 0 saturated carbocycles. The van der Waals surface area contributed by atoms with Crippen LogP contribution in [0.4, 0.5) is 0 Å². The van der Waals surface area contributed by atoms with Crippen LogP contribution in [0.25, 0.3) is 11.8 Å². The fraction of sp³-hybridized carbons (Fsp3) is 0.200. The van der Waals surface area contributed by atoms with E-state index in [-0.39, 0.29) is 0 Å². The molecule has 0 aliphatic rings. The third-order valence-electron chi connectivity index (χ3n) is 2.65. The Morgan fingerprint density at radius 2 is 1.85 bits per heavy atom. The molecule has 0 amide bonds. The number of aryl methyl sites for hydroxylation is 1. The smallest absolute Gasteiger partial charge is 0.229 e. The topological polar surface area (TPSA) is 61.0 Å². The number of hydrogen-bond acceptors (Lipinski definition) is 4. The van der Waals surface area contributed by atoms with Gasteiger partial charge in [-0.05, 0) is 37.7 Å². The van der Waals surface area contributed by atoms with Gasteiger partial charge in [0.2, 0.25) is 9.04 Å². The average Bonchev–Trinajstić information content (AvgIpc) is 2.41. The molecule has 0 radical (unpaired) electrons. The number of benzene rings is 1. The monoisotopic (exact) mass is 285 g/mol. The highest BCUT2D eigenvalue weighted by Crippen LogP contribution is 2.24. The third-order valence-corrected chi connectivity index (χ3v) is 3.37. The number of nitrogens with zero attached hydrogens (tertiary/aromatic N) is 2. The summed E-state index contributed by atoms with van der Waals surface area (Å²) >= 11 is 0. The summed E-state index contributed by atoms with van der Waals surface area (Å²) in [5.74, 6) is 1.43. The van der Waals surface area contributed by atoms with Crippen LogP contribution in [0.3, 0.4) is 0 Å². The number of nitrogens with two attached hydrogens (primary N) is 1. The summed E-state index contributed by atoms with van der Waals surface area (Å²) in [5.41, 5.74) is 8.68. The minimum absolute atomic E-state index is 0.602. The molecule has 2 rings (SSSR count). The summed E-state index contributed by atoms with van der Waals surface area (Å²) in [5, 5.41) is 0. The van der Waals surface area contributed by atoms with Crippen LogP contribution in [0, 0.1) is 6.92 Å². The molecule has 0 spiro atoms. The van der Waals surface area contributed by atoms with E-state index in [1.54, 1.807) is 18.5 Å². The predicted molar refractivity (Wildman–Crippen MR) is 84.8 cm³/mol. The van der Waals surface area contributed by atoms with E-state index in [1.165, 1.54) is 0 Å². The molecule has 1 heterocycles. The number of para-hydroxylation sites is 1. The van der Waals surface area contributed by atoms with Gasteiger partial charge >= 0.3 is 0 Å². The lowest BCUT2D eigenvalue weighted by molar-refractivity contribution is 0.578. The molecule has 0 aliphatic heterocycles. The highest BCUT2D eigenvalue weighted by atomic mass is 28.3. The summed E-state index contributed by atoms with van der Waals surface area (Å²) in [6.07, 6.45) is 5.31. The Morgan fingerprint density at radius 3 is 2.50 bits per heavy atom. The van der Waals surface area contributed by atoms with Gasteiger partial charge in [0.05, 0.1) is 0 Å². The number of aromatic nitrogens is 2. The number of rotatable bonds is 4. The second-order valence-corrected chi connectivity index (χ2v) is 7.21. The minimum Gasteiger partial charge on any atom is -0.547 e. The van der Waals surface area contributed by atoms with Crippen molar-refractivity contribution in [1.82, 2.24) is 9.97 Å². The van der Waals surface area contributed by atoms with Crippen LogP contribution in [0.15, 0.2) is 36.7 Å². The van der Waals surface area contributed by atoms with Crippen LogP contribution < -0.4 is 10.2 Å².